The third-order valence-electron chi connectivity index (χ3n) is 4.35. The van der Waals surface area contributed by atoms with Crippen LogP contribution in [-0.4, -0.2) is 71.2 Å². The molecule has 2 heterocycles. The van der Waals surface area contributed by atoms with Gasteiger partial charge >= 0.3 is 5.97 Å². The summed E-state index contributed by atoms with van der Waals surface area (Å²) in [5, 5.41) is -0.418. The summed E-state index contributed by atoms with van der Waals surface area (Å²) in [6.07, 6.45) is 1.48. The lowest BCUT2D eigenvalue weighted by Crippen LogP contribution is -2.45. The number of benzene rings is 1. The van der Waals surface area contributed by atoms with E-state index in [0.717, 1.165) is 4.90 Å². The van der Waals surface area contributed by atoms with Crippen molar-refractivity contribution < 1.29 is 23.9 Å². The first kappa shape index (κ1) is 18.2. The van der Waals surface area contributed by atoms with Crippen molar-refractivity contribution in [1.82, 2.24) is 9.80 Å². The Morgan fingerprint density at radius 3 is 2.73 bits per heavy atom. The van der Waals surface area contributed by atoms with Gasteiger partial charge in [0.25, 0.3) is 17.7 Å². The van der Waals surface area contributed by atoms with E-state index in [1.54, 1.807) is 11.0 Å². The van der Waals surface area contributed by atoms with E-state index in [-0.39, 0.29) is 42.0 Å². The Morgan fingerprint density at radius 1 is 1.31 bits per heavy atom. The lowest BCUT2D eigenvalue weighted by atomic mass is 10.0. The maximum absolute atomic E-state index is 12.8. The molecular weight excluding hydrogens is 356 g/mol. The van der Waals surface area contributed by atoms with E-state index >= 15 is 0 Å². The fourth-order valence-electron chi connectivity index (χ4n) is 3.01. The molecule has 7 nitrogen and oxygen atoms in total. The molecule has 0 spiro atoms. The summed E-state index contributed by atoms with van der Waals surface area (Å²) in [5.41, 5.74) is 0.828. The molecule has 2 aliphatic heterocycles. The maximum Gasteiger partial charge on any atom is 0.320 e. The molecule has 0 saturated carbocycles. The van der Waals surface area contributed by atoms with Gasteiger partial charge in [0, 0.05) is 31.0 Å². The molecule has 0 radical (unpaired) electrons. The van der Waals surface area contributed by atoms with Crippen LogP contribution in [0.25, 0.3) is 0 Å². The molecule has 0 bridgehead atoms. The molecule has 136 valence electrons. The number of thioether (sulfide) groups is 1. The van der Waals surface area contributed by atoms with Crippen LogP contribution in [0.4, 0.5) is 0 Å². The predicted molar refractivity (Wildman–Crippen MR) is 96.2 cm³/mol. The predicted octanol–water partition coefficient (Wildman–Crippen LogP) is 1.20. The van der Waals surface area contributed by atoms with Crippen molar-refractivity contribution in [3.8, 4) is 0 Å². The van der Waals surface area contributed by atoms with E-state index in [1.165, 1.54) is 37.1 Å². The number of imide groups is 1. The standard InChI is InChI=1S/C18H18N2O5S/c1-3-6-20-16(22)12-5-4-11(9-13(12)17(20)23)15(21)19-7-8-26-14(10-19)18(24)25-2/h3-5,9,14H,1,6-8,10H2,2H3/t14-/m1/s1. The minimum absolute atomic E-state index is 0.125. The van der Waals surface area contributed by atoms with Crippen molar-refractivity contribution in [3.63, 3.8) is 0 Å². The summed E-state index contributed by atoms with van der Waals surface area (Å²) >= 11 is 1.46. The summed E-state index contributed by atoms with van der Waals surface area (Å²) in [6, 6.07) is 4.50. The summed E-state index contributed by atoms with van der Waals surface area (Å²) < 4.78 is 4.75. The Labute approximate surface area is 155 Å². The first-order valence-electron chi connectivity index (χ1n) is 8.07. The molecular formula is C18H18N2O5S. The average Bonchev–Trinajstić information content (AvgIpc) is 2.91. The molecule has 0 N–H and O–H groups in total. The largest absolute Gasteiger partial charge is 0.468 e. The van der Waals surface area contributed by atoms with Gasteiger partial charge in [0.2, 0.25) is 0 Å². The Balaban J connectivity index is 1.82. The number of rotatable bonds is 4. The molecule has 1 saturated heterocycles. The molecule has 1 aromatic rings. The fraction of sp³-hybridized carbons (Fsp3) is 0.333. The number of nitrogens with zero attached hydrogens (tertiary/aromatic N) is 2. The SMILES string of the molecule is C=CCN1C(=O)c2ccc(C(=O)N3CCS[C@@H](C(=O)OC)C3)cc2C1=O. The summed E-state index contributed by atoms with van der Waals surface area (Å²) in [4.78, 5) is 51.8. The van der Waals surface area contributed by atoms with Crippen LogP contribution in [0.15, 0.2) is 30.9 Å². The molecule has 0 aliphatic carbocycles. The molecule has 0 unspecified atom stereocenters. The number of carbonyl (C=O) groups is 4. The normalized spacial score (nSPS) is 19.3. The second-order valence-electron chi connectivity index (χ2n) is 5.90. The topological polar surface area (TPSA) is 84.0 Å². The van der Waals surface area contributed by atoms with Crippen molar-refractivity contribution in [2.24, 2.45) is 0 Å². The number of hydrogen-bond acceptors (Lipinski definition) is 6. The average molecular weight is 374 g/mol. The van der Waals surface area contributed by atoms with Crippen LogP contribution >= 0.6 is 11.8 Å². The van der Waals surface area contributed by atoms with Crippen LogP contribution in [0.1, 0.15) is 31.1 Å². The number of amides is 3. The molecule has 1 aromatic carbocycles. The van der Waals surface area contributed by atoms with Gasteiger partial charge in [-0.05, 0) is 18.2 Å². The molecule has 3 rings (SSSR count). The first-order chi connectivity index (χ1) is 12.5. The Hall–Kier alpha value is -2.61. The van der Waals surface area contributed by atoms with Gasteiger partial charge in [-0.25, -0.2) is 0 Å². The second-order valence-corrected chi connectivity index (χ2v) is 7.21. The lowest BCUT2D eigenvalue weighted by molar-refractivity contribution is -0.140. The number of hydrogen-bond donors (Lipinski definition) is 0. The van der Waals surface area contributed by atoms with Crippen LogP contribution in [0, 0.1) is 0 Å². The second kappa shape index (κ2) is 7.33. The van der Waals surface area contributed by atoms with Crippen molar-refractivity contribution in [3.05, 3.63) is 47.5 Å². The summed E-state index contributed by atoms with van der Waals surface area (Å²) in [5.74, 6) is -0.821. The number of carbonyl (C=O) groups excluding carboxylic acids is 4. The van der Waals surface area contributed by atoms with Crippen molar-refractivity contribution in [2.45, 2.75) is 5.25 Å². The zero-order valence-electron chi connectivity index (χ0n) is 14.3. The van der Waals surface area contributed by atoms with Crippen molar-refractivity contribution >= 4 is 35.5 Å². The third-order valence-corrected chi connectivity index (χ3v) is 5.51. The van der Waals surface area contributed by atoms with Crippen LogP contribution < -0.4 is 0 Å². The molecule has 26 heavy (non-hydrogen) atoms. The lowest BCUT2D eigenvalue weighted by Gasteiger charge is -2.31. The monoisotopic (exact) mass is 374 g/mol. The van der Waals surface area contributed by atoms with Gasteiger partial charge in [-0.3, -0.25) is 24.1 Å². The summed E-state index contributed by atoms with van der Waals surface area (Å²) in [6.45, 7) is 4.43. The van der Waals surface area contributed by atoms with Gasteiger partial charge < -0.3 is 9.64 Å². The molecule has 0 aromatic heterocycles. The van der Waals surface area contributed by atoms with Crippen molar-refractivity contribution in [1.29, 1.82) is 0 Å². The zero-order valence-corrected chi connectivity index (χ0v) is 15.1. The van der Waals surface area contributed by atoms with E-state index in [2.05, 4.69) is 6.58 Å². The smallest absolute Gasteiger partial charge is 0.320 e. The highest BCUT2D eigenvalue weighted by Gasteiger charge is 2.36. The highest BCUT2D eigenvalue weighted by Crippen LogP contribution is 2.26. The van der Waals surface area contributed by atoms with E-state index in [9.17, 15) is 19.2 Å². The number of methoxy groups -OCH3 is 1. The van der Waals surface area contributed by atoms with Gasteiger partial charge in [0.05, 0.1) is 18.2 Å². The first-order valence-corrected chi connectivity index (χ1v) is 9.12. The maximum atomic E-state index is 12.8. The molecule has 2 aliphatic rings. The van der Waals surface area contributed by atoms with E-state index in [1.807, 2.05) is 0 Å². The Bertz CT molecular complexity index is 807. The van der Waals surface area contributed by atoms with Gasteiger partial charge in [0.15, 0.2) is 0 Å². The fourth-order valence-corrected chi connectivity index (χ4v) is 4.14. The number of esters is 1. The van der Waals surface area contributed by atoms with Crippen LogP contribution in [-0.2, 0) is 9.53 Å². The van der Waals surface area contributed by atoms with Crippen molar-refractivity contribution in [2.75, 3.05) is 32.5 Å². The molecule has 8 heteroatoms. The zero-order chi connectivity index (χ0) is 18.8. The van der Waals surface area contributed by atoms with Gasteiger partial charge in [-0.1, -0.05) is 6.08 Å². The highest BCUT2D eigenvalue weighted by atomic mass is 32.2. The number of fused-ring (bicyclic) bond motifs is 1. The minimum Gasteiger partial charge on any atom is -0.468 e. The molecule has 3 amide bonds. The third kappa shape index (κ3) is 3.12. The molecule has 1 atom stereocenters. The van der Waals surface area contributed by atoms with Gasteiger partial charge in [-0.15, -0.1) is 18.3 Å². The van der Waals surface area contributed by atoms with Crippen LogP contribution in [0.5, 0.6) is 0 Å². The van der Waals surface area contributed by atoms with E-state index < -0.39 is 11.2 Å². The molecule has 1 fully saturated rings. The Kier molecular flexibility index (Phi) is 5.13. The summed E-state index contributed by atoms with van der Waals surface area (Å²) in [7, 11) is 1.32. The van der Waals surface area contributed by atoms with Crippen LogP contribution in [0.2, 0.25) is 0 Å². The minimum atomic E-state index is -0.429. The highest BCUT2D eigenvalue weighted by molar-refractivity contribution is 8.00. The Morgan fingerprint density at radius 2 is 2.04 bits per heavy atom. The van der Waals surface area contributed by atoms with Crippen LogP contribution in [0.3, 0.4) is 0 Å². The number of ether oxygens (including phenoxy) is 1. The quantitative estimate of drug-likeness (QED) is 0.447. The van der Waals surface area contributed by atoms with Gasteiger partial charge in [0.1, 0.15) is 5.25 Å². The van der Waals surface area contributed by atoms with Gasteiger partial charge in [-0.2, -0.15) is 0 Å². The van der Waals surface area contributed by atoms with E-state index in [4.69, 9.17) is 4.74 Å². The van der Waals surface area contributed by atoms with E-state index in [0.29, 0.717) is 17.9 Å².